The van der Waals surface area contributed by atoms with Gasteiger partial charge in [0.25, 0.3) is 0 Å². The number of carbonyl (C=O) groups excluding carboxylic acids is 2. The van der Waals surface area contributed by atoms with Crippen LogP contribution < -0.4 is 5.32 Å². The molecule has 4 rings (SSSR count). The van der Waals surface area contributed by atoms with Crippen molar-refractivity contribution in [3.05, 3.63) is 41.0 Å². The Kier molecular flexibility index (Phi) is 6.76. The van der Waals surface area contributed by atoms with Crippen LogP contribution in [-0.4, -0.2) is 57.2 Å². The van der Waals surface area contributed by atoms with Crippen molar-refractivity contribution in [3.8, 4) is 10.4 Å². The molecule has 4 atom stereocenters. The summed E-state index contributed by atoms with van der Waals surface area (Å²) in [6.45, 7) is 11.3. The van der Waals surface area contributed by atoms with E-state index in [1.807, 2.05) is 52.3 Å². The lowest BCUT2D eigenvalue weighted by atomic mass is 9.85. The molecule has 0 bridgehead atoms. The molecule has 1 fully saturated rings. The van der Waals surface area contributed by atoms with E-state index in [0.29, 0.717) is 12.8 Å². The average molecular weight is 499 g/mol. The maximum absolute atomic E-state index is 13.5. The first-order valence-electron chi connectivity index (χ1n) is 11.9. The number of nitrogens with one attached hydrogen (secondary N) is 1. The second kappa shape index (κ2) is 9.35. The van der Waals surface area contributed by atoms with Crippen molar-refractivity contribution >= 4 is 28.9 Å². The summed E-state index contributed by atoms with van der Waals surface area (Å²) in [5, 5.41) is 17.7. The van der Waals surface area contributed by atoms with E-state index in [1.54, 1.807) is 16.2 Å². The predicted octanol–water partition coefficient (Wildman–Crippen LogP) is 3.62. The van der Waals surface area contributed by atoms with Crippen molar-refractivity contribution in [1.82, 2.24) is 15.2 Å². The number of rotatable bonds is 5. The molecule has 2 amide bonds. The lowest BCUT2D eigenvalue weighted by Gasteiger charge is -2.35. The van der Waals surface area contributed by atoms with Gasteiger partial charge in [0, 0.05) is 26.3 Å². The molecule has 2 aromatic rings. The molecule has 8 nitrogen and oxygen atoms in total. The Balaban J connectivity index is 1.52. The summed E-state index contributed by atoms with van der Waals surface area (Å²) in [5.74, 6) is -0.476. The number of aryl methyl sites for hydroxylation is 1. The summed E-state index contributed by atoms with van der Waals surface area (Å²) >= 11 is 1.62. The summed E-state index contributed by atoms with van der Waals surface area (Å²) < 4.78 is 0. The average Bonchev–Trinajstić information content (AvgIpc) is 3.49. The lowest BCUT2D eigenvalue weighted by molar-refractivity contribution is -0.139. The van der Waals surface area contributed by atoms with Crippen LogP contribution >= 0.6 is 11.3 Å². The predicted molar refractivity (Wildman–Crippen MR) is 136 cm³/mol. The number of benzene rings is 1. The van der Waals surface area contributed by atoms with E-state index in [-0.39, 0.29) is 24.4 Å². The zero-order valence-electron chi connectivity index (χ0n) is 21.2. The van der Waals surface area contributed by atoms with Gasteiger partial charge >= 0.3 is 0 Å². The summed E-state index contributed by atoms with van der Waals surface area (Å²) in [7, 11) is 0. The molecule has 0 aliphatic carbocycles. The first kappa shape index (κ1) is 25.3. The third kappa shape index (κ3) is 5.11. The monoisotopic (exact) mass is 498 g/mol. The van der Waals surface area contributed by atoms with Crippen LogP contribution in [0.25, 0.3) is 10.4 Å². The van der Waals surface area contributed by atoms with Crippen molar-refractivity contribution in [2.45, 2.75) is 78.2 Å². The van der Waals surface area contributed by atoms with Gasteiger partial charge in [0.05, 0.1) is 33.9 Å². The number of oxime groups is 1. The Labute approximate surface area is 210 Å². The number of aromatic nitrogens is 1. The number of aliphatic hydroxyl groups is 1. The zero-order valence-corrected chi connectivity index (χ0v) is 22.0. The van der Waals surface area contributed by atoms with Gasteiger partial charge in [-0.05, 0) is 30.4 Å². The Hall–Kier alpha value is -2.78. The third-order valence-corrected chi connectivity index (χ3v) is 7.77. The SMILES string of the molecule is CC(=O)NC(C(=O)N1CC(O)CC1C1=NOC(C)(c2ccc(-c3scnc3C)cc2)C1)C(C)(C)C. The second-order valence-electron chi connectivity index (χ2n) is 10.8. The van der Waals surface area contributed by atoms with Crippen LogP contribution in [0.2, 0.25) is 0 Å². The van der Waals surface area contributed by atoms with Gasteiger partial charge in [-0.25, -0.2) is 4.98 Å². The molecule has 2 aliphatic heterocycles. The minimum absolute atomic E-state index is 0.203. The highest BCUT2D eigenvalue weighted by Gasteiger charge is 2.47. The minimum Gasteiger partial charge on any atom is -0.391 e. The molecule has 0 spiro atoms. The van der Waals surface area contributed by atoms with Gasteiger partial charge in [0.15, 0.2) is 5.60 Å². The largest absolute Gasteiger partial charge is 0.391 e. The number of amides is 2. The molecule has 1 aromatic carbocycles. The molecule has 0 saturated carbocycles. The molecule has 2 N–H and O–H groups in total. The number of hydrogen-bond acceptors (Lipinski definition) is 7. The standard InChI is InChI=1S/C26H34N4O4S/c1-15-22(35-14-27-15)17-7-9-18(10-8-17)26(6)12-20(29-34-26)21-11-19(32)13-30(21)24(33)23(25(3,4)5)28-16(2)31/h7-10,14,19,21,23,32H,11-13H2,1-6H3,(H,28,31). The highest BCUT2D eigenvalue weighted by Crippen LogP contribution is 2.39. The van der Waals surface area contributed by atoms with Crippen LogP contribution in [0.5, 0.6) is 0 Å². The fourth-order valence-corrected chi connectivity index (χ4v) is 5.66. The minimum atomic E-state index is -0.704. The number of β-amino-alcohol motifs (C(OH)–C–C–N with tert-alkyl or cyclic N) is 1. The van der Waals surface area contributed by atoms with Crippen molar-refractivity contribution in [1.29, 1.82) is 0 Å². The number of aliphatic hydroxyl groups excluding tert-OH is 1. The number of thiazole rings is 1. The first-order valence-corrected chi connectivity index (χ1v) is 12.8. The van der Waals surface area contributed by atoms with Crippen molar-refractivity contribution < 1.29 is 19.5 Å². The Morgan fingerprint density at radius 2 is 1.97 bits per heavy atom. The molecule has 0 radical (unpaired) electrons. The Morgan fingerprint density at radius 3 is 2.54 bits per heavy atom. The fraction of sp³-hybridized carbons (Fsp3) is 0.538. The van der Waals surface area contributed by atoms with Gasteiger partial charge in [-0.15, -0.1) is 11.3 Å². The lowest BCUT2D eigenvalue weighted by Crippen LogP contribution is -2.56. The van der Waals surface area contributed by atoms with E-state index >= 15 is 0 Å². The smallest absolute Gasteiger partial charge is 0.246 e. The van der Waals surface area contributed by atoms with E-state index in [1.165, 1.54) is 6.92 Å². The maximum Gasteiger partial charge on any atom is 0.246 e. The summed E-state index contributed by atoms with van der Waals surface area (Å²) in [6, 6.07) is 7.15. The molecule has 9 heteroatoms. The Bertz CT molecular complexity index is 1140. The van der Waals surface area contributed by atoms with Crippen molar-refractivity contribution in [2.24, 2.45) is 10.6 Å². The van der Waals surface area contributed by atoms with E-state index in [4.69, 9.17) is 4.84 Å². The van der Waals surface area contributed by atoms with E-state index < -0.39 is 23.2 Å². The number of nitrogens with zero attached hydrogens (tertiary/aromatic N) is 3. The normalized spacial score (nSPS) is 25.2. The molecular weight excluding hydrogens is 464 g/mol. The van der Waals surface area contributed by atoms with Crippen molar-refractivity contribution in [3.63, 3.8) is 0 Å². The van der Waals surface area contributed by atoms with Gasteiger partial charge < -0.3 is 20.2 Å². The van der Waals surface area contributed by atoms with Crippen LogP contribution in [-0.2, 0) is 20.0 Å². The van der Waals surface area contributed by atoms with Crippen LogP contribution in [0.1, 0.15) is 58.7 Å². The number of hydrogen-bond donors (Lipinski definition) is 2. The zero-order chi connectivity index (χ0) is 25.5. The quantitative estimate of drug-likeness (QED) is 0.655. The van der Waals surface area contributed by atoms with Gasteiger partial charge in [0.2, 0.25) is 11.8 Å². The molecule has 188 valence electrons. The highest BCUT2D eigenvalue weighted by atomic mass is 32.1. The second-order valence-corrected chi connectivity index (χ2v) is 11.7. The molecule has 1 aromatic heterocycles. The summed E-state index contributed by atoms with van der Waals surface area (Å²) in [4.78, 5) is 38.4. The highest BCUT2D eigenvalue weighted by molar-refractivity contribution is 7.13. The van der Waals surface area contributed by atoms with Crippen LogP contribution in [0.3, 0.4) is 0 Å². The molecule has 4 unspecified atom stereocenters. The van der Waals surface area contributed by atoms with Crippen molar-refractivity contribution in [2.75, 3.05) is 6.54 Å². The van der Waals surface area contributed by atoms with Gasteiger partial charge in [-0.3, -0.25) is 9.59 Å². The summed E-state index contributed by atoms with van der Waals surface area (Å²) in [6.07, 6.45) is 0.246. The first-order chi connectivity index (χ1) is 16.4. The van der Waals surface area contributed by atoms with E-state index in [2.05, 4.69) is 27.6 Å². The summed E-state index contributed by atoms with van der Waals surface area (Å²) in [5.41, 5.74) is 4.54. The number of likely N-dealkylation sites (tertiary alicyclic amines) is 1. The molecule has 2 aliphatic rings. The van der Waals surface area contributed by atoms with E-state index in [9.17, 15) is 14.7 Å². The third-order valence-electron chi connectivity index (χ3n) is 6.79. The molecular formula is C26H34N4O4S. The topological polar surface area (TPSA) is 104 Å². The Morgan fingerprint density at radius 1 is 1.29 bits per heavy atom. The molecule has 1 saturated heterocycles. The van der Waals surface area contributed by atoms with Gasteiger partial charge in [-0.1, -0.05) is 50.2 Å². The molecule has 35 heavy (non-hydrogen) atoms. The van der Waals surface area contributed by atoms with Crippen LogP contribution in [0.4, 0.5) is 0 Å². The fourth-order valence-electron chi connectivity index (χ4n) is 4.85. The van der Waals surface area contributed by atoms with Crippen LogP contribution in [0, 0.1) is 12.3 Å². The van der Waals surface area contributed by atoms with Gasteiger partial charge in [-0.2, -0.15) is 0 Å². The maximum atomic E-state index is 13.5. The van der Waals surface area contributed by atoms with Gasteiger partial charge in [0.1, 0.15) is 6.04 Å². The van der Waals surface area contributed by atoms with Crippen LogP contribution in [0.15, 0.2) is 34.9 Å². The number of carbonyl (C=O) groups is 2. The molecule has 3 heterocycles. The van der Waals surface area contributed by atoms with E-state index in [0.717, 1.165) is 27.4 Å².